The number of esters is 1. The molecule has 1 N–H and O–H groups in total. The molecule has 0 unspecified atom stereocenters. The Morgan fingerprint density at radius 1 is 1.33 bits per heavy atom. The number of amides is 1. The van der Waals surface area contributed by atoms with E-state index in [0.29, 0.717) is 26.1 Å². The van der Waals surface area contributed by atoms with E-state index in [-0.39, 0.29) is 15.6 Å². The van der Waals surface area contributed by atoms with Crippen molar-refractivity contribution in [3.05, 3.63) is 23.2 Å². The van der Waals surface area contributed by atoms with E-state index in [0.717, 1.165) is 6.42 Å². The predicted octanol–water partition coefficient (Wildman–Crippen LogP) is 2.03. The molecule has 0 saturated carbocycles. The van der Waals surface area contributed by atoms with Crippen LogP contribution in [0, 0.1) is 0 Å². The summed E-state index contributed by atoms with van der Waals surface area (Å²) in [6.07, 6.45) is 0.705. The average molecular weight is 419 g/mol. The third kappa shape index (κ3) is 5.41. The second kappa shape index (κ2) is 9.50. The summed E-state index contributed by atoms with van der Waals surface area (Å²) < 4.78 is 36.6. The molecule has 1 fully saturated rings. The van der Waals surface area contributed by atoms with E-state index in [9.17, 15) is 18.0 Å². The summed E-state index contributed by atoms with van der Waals surface area (Å²) in [7, 11) is -3.69. The van der Waals surface area contributed by atoms with Crippen LogP contribution in [0.15, 0.2) is 23.1 Å². The van der Waals surface area contributed by atoms with Crippen LogP contribution >= 0.6 is 11.6 Å². The summed E-state index contributed by atoms with van der Waals surface area (Å²) in [5.41, 5.74) is 0.128. The van der Waals surface area contributed by atoms with Crippen LogP contribution in [0.1, 0.15) is 26.7 Å². The van der Waals surface area contributed by atoms with Gasteiger partial charge in [0.15, 0.2) is 12.7 Å². The Balaban J connectivity index is 2.05. The van der Waals surface area contributed by atoms with Crippen LogP contribution in [0.2, 0.25) is 5.02 Å². The van der Waals surface area contributed by atoms with Gasteiger partial charge < -0.3 is 14.8 Å². The molecule has 27 heavy (non-hydrogen) atoms. The lowest BCUT2D eigenvalue weighted by molar-refractivity contribution is -0.156. The highest BCUT2D eigenvalue weighted by molar-refractivity contribution is 7.89. The first-order valence-electron chi connectivity index (χ1n) is 8.67. The minimum Gasteiger partial charge on any atom is -0.454 e. The van der Waals surface area contributed by atoms with Gasteiger partial charge in [-0.3, -0.25) is 4.79 Å². The van der Waals surface area contributed by atoms with Crippen LogP contribution in [-0.2, 0) is 29.1 Å². The number of nitrogens with one attached hydrogen (secondary N) is 1. The lowest BCUT2D eigenvalue weighted by atomic mass is 10.2. The summed E-state index contributed by atoms with van der Waals surface area (Å²) in [5.74, 6) is -1.22. The standard InChI is InChI=1S/C17H23ClN2O6S/c1-3-20(4-2)27(23,24)12-7-8-13(18)14(10-12)19-16(21)11-26-17(22)15-6-5-9-25-15/h7-8,10,15H,3-6,9,11H2,1-2H3,(H,19,21)/t15-/m1/s1. The number of carbonyl (C=O) groups is 2. The second-order valence-corrected chi connectivity index (χ2v) is 8.23. The monoisotopic (exact) mass is 418 g/mol. The Labute approximate surface area is 163 Å². The summed E-state index contributed by atoms with van der Waals surface area (Å²) in [5, 5.41) is 2.65. The molecule has 1 aliphatic rings. The van der Waals surface area contributed by atoms with Gasteiger partial charge in [-0.25, -0.2) is 13.2 Å². The molecule has 1 amide bonds. The molecule has 0 bridgehead atoms. The Bertz CT molecular complexity index is 789. The predicted molar refractivity (Wildman–Crippen MR) is 100 cm³/mol. The summed E-state index contributed by atoms with van der Waals surface area (Å²) in [4.78, 5) is 23.8. The van der Waals surface area contributed by atoms with E-state index in [4.69, 9.17) is 21.1 Å². The number of anilines is 1. The quantitative estimate of drug-likeness (QED) is 0.648. The molecule has 2 rings (SSSR count). The molecule has 1 saturated heterocycles. The van der Waals surface area contributed by atoms with Crippen molar-refractivity contribution in [2.75, 3.05) is 31.6 Å². The molecule has 8 nitrogen and oxygen atoms in total. The second-order valence-electron chi connectivity index (χ2n) is 5.89. The van der Waals surface area contributed by atoms with E-state index in [1.54, 1.807) is 13.8 Å². The van der Waals surface area contributed by atoms with Gasteiger partial charge in [0.2, 0.25) is 10.0 Å². The Kier molecular flexibility index (Phi) is 7.60. The van der Waals surface area contributed by atoms with Gasteiger partial charge >= 0.3 is 5.97 Å². The normalized spacial score (nSPS) is 17.1. The van der Waals surface area contributed by atoms with Crippen molar-refractivity contribution in [2.24, 2.45) is 0 Å². The van der Waals surface area contributed by atoms with Crippen molar-refractivity contribution in [1.82, 2.24) is 4.31 Å². The minimum atomic E-state index is -3.69. The van der Waals surface area contributed by atoms with Gasteiger partial charge in [0, 0.05) is 19.7 Å². The fourth-order valence-corrected chi connectivity index (χ4v) is 4.30. The number of carbonyl (C=O) groups excluding carboxylic acids is 2. The molecule has 0 radical (unpaired) electrons. The highest BCUT2D eigenvalue weighted by Crippen LogP contribution is 2.27. The van der Waals surface area contributed by atoms with Crippen LogP contribution in [0.3, 0.4) is 0 Å². The molecule has 1 heterocycles. The number of rotatable bonds is 8. The Hall–Kier alpha value is -1.68. The highest BCUT2D eigenvalue weighted by Gasteiger charge is 2.26. The van der Waals surface area contributed by atoms with Crippen LogP contribution in [-0.4, -0.2) is 57.0 Å². The fourth-order valence-electron chi connectivity index (χ4n) is 2.65. The third-order valence-corrected chi connectivity index (χ3v) is 6.47. The molecule has 10 heteroatoms. The smallest absolute Gasteiger partial charge is 0.335 e. The molecular weight excluding hydrogens is 396 g/mol. The maximum Gasteiger partial charge on any atom is 0.335 e. The van der Waals surface area contributed by atoms with Crippen molar-refractivity contribution in [3.8, 4) is 0 Å². The molecule has 1 aromatic rings. The van der Waals surface area contributed by atoms with Crippen molar-refractivity contribution < 1.29 is 27.5 Å². The number of hydrogen-bond donors (Lipinski definition) is 1. The Morgan fingerprint density at radius 3 is 2.63 bits per heavy atom. The largest absolute Gasteiger partial charge is 0.454 e. The number of hydrogen-bond acceptors (Lipinski definition) is 6. The first-order valence-corrected chi connectivity index (χ1v) is 10.5. The lowest BCUT2D eigenvalue weighted by Gasteiger charge is -2.19. The maximum absolute atomic E-state index is 12.6. The van der Waals surface area contributed by atoms with Gasteiger partial charge in [-0.05, 0) is 31.0 Å². The van der Waals surface area contributed by atoms with Crippen molar-refractivity contribution in [1.29, 1.82) is 0 Å². The van der Waals surface area contributed by atoms with Gasteiger partial charge in [0.25, 0.3) is 5.91 Å². The zero-order chi connectivity index (χ0) is 20.0. The van der Waals surface area contributed by atoms with E-state index < -0.39 is 34.6 Å². The first kappa shape index (κ1) is 21.6. The zero-order valence-electron chi connectivity index (χ0n) is 15.2. The lowest BCUT2D eigenvalue weighted by Crippen LogP contribution is -2.30. The summed E-state index contributed by atoms with van der Waals surface area (Å²) in [6, 6.07) is 4.06. The number of nitrogens with zero attached hydrogens (tertiary/aromatic N) is 1. The number of sulfonamides is 1. The van der Waals surface area contributed by atoms with Crippen molar-refractivity contribution in [3.63, 3.8) is 0 Å². The molecule has 1 atom stereocenters. The number of ether oxygens (including phenoxy) is 2. The van der Waals surface area contributed by atoms with Gasteiger partial charge in [0.1, 0.15) is 0 Å². The fraction of sp³-hybridized carbons (Fsp3) is 0.529. The van der Waals surface area contributed by atoms with Gasteiger partial charge in [0.05, 0.1) is 15.6 Å². The van der Waals surface area contributed by atoms with Crippen LogP contribution < -0.4 is 5.32 Å². The van der Waals surface area contributed by atoms with Crippen LogP contribution in [0.25, 0.3) is 0 Å². The molecule has 1 aliphatic heterocycles. The topological polar surface area (TPSA) is 102 Å². The molecule has 150 valence electrons. The molecule has 0 aromatic heterocycles. The minimum absolute atomic E-state index is 0.0160. The zero-order valence-corrected chi connectivity index (χ0v) is 16.8. The maximum atomic E-state index is 12.6. The number of benzene rings is 1. The van der Waals surface area contributed by atoms with Gasteiger partial charge in [-0.15, -0.1) is 0 Å². The summed E-state index contributed by atoms with van der Waals surface area (Å²) >= 11 is 6.05. The highest BCUT2D eigenvalue weighted by atomic mass is 35.5. The van der Waals surface area contributed by atoms with Gasteiger partial charge in [-0.1, -0.05) is 25.4 Å². The van der Waals surface area contributed by atoms with E-state index >= 15 is 0 Å². The van der Waals surface area contributed by atoms with Crippen molar-refractivity contribution in [2.45, 2.75) is 37.7 Å². The number of halogens is 1. The molecule has 0 aliphatic carbocycles. The van der Waals surface area contributed by atoms with Crippen LogP contribution in [0.5, 0.6) is 0 Å². The van der Waals surface area contributed by atoms with Crippen molar-refractivity contribution >= 4 is 39.2 Å². The molecular formula is C17H23ClN2O6S. The summed E-state index contributed by atoms with van der Waals surface area (Å²) in [6.45, 7) is 4.10. The van der Waals surface area contributed by atoms with Gasteiger partial charge in [-0.2, -0.15) is 4.31 Å². The van der Waals surface area contributed by atoms with E-state index in [1.807, 2.05) is 0 Å². The first-order chi connectivity index (χ1) is 12.8. The molecule has 0 spiro atoms. The van der Waals surface area contributed by atoms with Crippen LogP contribution in [0.4, 0.5) is 5.69 Å². The van der Waals surface area contributed by atoms with E-state index in [2.05, 4.69) is 5.32 Å². The average Bonchev–Trinajstić information content (AvgIpc) is 3.17. The third-order valence-electron chi connectivity index (χ3n) is 4.09. The SMILES string of the molecule is CCN(CC)S(=O)(=O)c1ccc(Cl)c(NC(=O)COC(=O)[C@H]2CCCO2)c1. The Morgan fingerprint density at radius 2 is 2.04 bits per heavy atom. The molecule has 1 aromatic carbocycles. The van der Waals surface area contributed by atoms with E-state index in [1.165, 1.54) is 22.5 Å².